The fourth-order valence-corrected chi connectivity index (χ4v) is 2.34. The molecular formula is C17H15ClN2O. The number of halogens is 1. The minimum Gasteiger partial charge on any atom is -0.454 e. The summed E-state index contributed by atoms with van der Waals surface area (Å²) in [6.07, 6.45) is 1.69. The Kier molecular flexibility index (Phi) is 3.78. The van der Waals surface area contributed by atoms with Crippen molar-refractivity contribution in [3.63, 3.8) is 0 Å². The third-order valence-electron chi connectivity index (χ3n) is 3.27. The lowest BCUT2D eigenvalue weighted by atomic mass is 10.1. The van der Waals surface area contributed by atoms with Crippen LogP contribution in [0.25, 0.3) is 10.9 Å². The van der Waals surface area contributed by atoms with Gasteiger partial charge in [-0.25, -0.2) is 0 Å². The number of hydrogen-bond donors (Lipinski definition) is 1. The van der Waals surface area contributed by atoms with Gasteiger partial charge in [-0.15, -0.1) is 0 Å². The SMILES string of the molecule is C[C@H](N)c1ccc(Oc2cnc3ccccc3c2)c(Cl)c1. The van der Waals surface area contributed by atoms with Crippen LogP contribution in [0.3, 0.4) is 0 Å². The molecule has 0 aliphatic heterocycles. The molecule has 0 aliphatic rings. The van der Waals surface area contributed by atoms with Gasteiger partial charge in [0.05, 0.1) is 16.7 Å². The minimum atomic E-state index is -0.0566. The maximum absolute atomic E-state index is 6.24. The summed E-state index contributed by atoms with van der Waals surface area (Å²) in [4.78, 5) is 4.36. The Morgan fingerprint density at radius 3 is 2.71 bits per heavy atom. The van der Waals surface area contributed by atoms with Gasteiger partial charge in [-0.2, -0.15) is 0 Å². The van der Waals surface area contributed by atoms with Gasteiger partial charge >= 0.3 is 0 Å². The van der Waals surface area contributed by atoms with Crippen LogP contribution in [-0.2, 0) is 0 Å². The van der Waals surface area contributed by atoms with E-state index >= 15 is 0 Å². The Bertz CT molecular complexity index is 787. The number of benzene rings is 2. The fourth-order valence-electron chi connectivity index (χ4n) is 2.12. The summed E-state index contributed by atoms with van der Waals surface area (Å²) >= 11 is 6.24. The Balaban J connectivity index is 1.91. The number of nitrogens with zero attached hydrogens (tertiary/aromatic N) is 1. The summed E-state index contributed by atoms with van der Waals surface area (Å²) in [6, 6.07) is 15.3. The maximum Gasteiger partial charge on any atom is 0.146 e. The van der Waals surface area contributed by atoms with E-state index in [0.717, 1.165) is 16.5 Å². The zero-order chi connectivity index (χ0) is 14.8. The highest BCUT2D eigenvalue weighted by atomic mass is 35.5. The molecule has 0 saturated heterocycles. The van der Waals surface area contributed by atoms with E-state index in [2.05, 4.69) is 4.98 Å². The second-order valence-corrected chi connectivity index (χ2v) is 5.35. The van der Waals surface area contributed by atoms with E-state index < -0.39 is 0 Å². The first kappa shape index (κ1) is 13.9. The largest absolute Gasteiger partial charge is 0.454 e. The van der Waals surface area contributed by atoms with Crippen LogP contribution in [0.2, 0.25) is 5.02 Å². The van der Waals surface area contributed by atoms with Crippen LogP contribution in [-0.4, -0.2) is 4.98 Å². The van der Waals surface area contributed by atoms with Gasteiger partial charge in [-0.1, -0.05) is 35.9 Å². The van der Waals surface area contributed by atoms with Crippen molar-refractivity contribution in [2.75, 3.05) is 0 Å². The lowest BCUT2D eigenvalue weighted by molar-refractivity contribution is 0.481. The monoisotopic (exact) mass is 298 g/mol. The van der Waals surface area contributed by atoms with Gasteiger partial charge in [0.15, 0.2) is 0 Å². The van der Waals surface area contributed by atoms with E-state index in [1.807, 2.05) is 55.5 Å². The second-order valence-electron chi connectivity index (χ2n) is 4.94. The van der Waals surface area contributed by atoms with E-state index in [1.54, 1.807) is 6.20 Å². The highest BCUT2D eigenvalue weighted by molar-refractivity contribution is 6.32. The third kappa shape index (κ3) is 2.99. The van der Waals surface area contributed by atoms with Gasteiger partial charge in [0.1, 0.15) is 11.5 Å². The summed E-state index contributed by atoms with van der Waals surface area (Å²) in [7, 11) is 0. The molecule has 0 amide bonds. The number of pyridine rings is 1. The van der Waals surface area contributed by atoms with E-state index in [1.165, 1.54) is 0 Å². The number of hydrogen-bond acceptors (Lipinski definition) is 3. The second kappa shape index (κ2) is 5.72. The summed E-state index contributed by atoms with van der Waals surface area (Å²) in [6.45, 7) is 1.92. The standard InChI is InChI=1S/C17H15ClN2O/c1-11(19)12-6-7-17(15(18)9-12)21-14-8-13-4-2-3-5-16(13)20-10-14/h2-11H,19H2,1H3/t11-/m0/s1. The molecule has 0 fully saturated rings. The van der Waals surface area contributed by atoms with Gasteiger partial charge in [0, 0.05) is 11.4 Å². The van der Waals surface area contributed by atoms with E-state index in [4.69, 9.17) is 22.1 Å². The quantitative estimate of drug-likeness (QED) is 0.762. The summed E-state index contributed by atoms with van der Waals surface area (Å²) in [5.41, 5.74) is 7.75. The van der Waals surface area contributed by atoms with Crippen molar-refractivity contribution >= 4 is 22.5 Å². The zero-order valence-electron chi connectivity index (χ0n) is 11.6. The molecule has 1 heterocycles. The number of ether oxygens (including phenoxy) is 1. The van der Waals surface area contributed by atoms with Gasteiger partial charge < -0.3 is 10.5 Å². The molecule has 3 rings (SSSR count). The molecule has 2 N–H and O–H groups in total. The Morgan fingerprint density at radius 1 is 1.14 bits per heavy atom. The minimum absolute atomic E-state index is 0.0566. The smallest absolute Gasteiger partial charge is 0.146 e. The highest BCUT2D eigenvalue weighted by Crippen LogP contribution is 2.32. The van der Waals surface area contributed by atoms with Gasteiger partial charge in [0.25, 0.3) is 0 Å². The molecule has 3 nitrogen and oxygen atoms in total. The first-order valence-electron chi connectivity index (χ1n) is 6.71. The molecule has 0 spiro atoms. The maximum atomic E-state index is 6.24. The predicted molar refractivity (Wildman–Crippen MR) is 85.9 cm³/mol. The first-order valence-corrected chi connectivity index (χ1v) is 7.09. The molecule has 0 radical (unpaired) electrons. The number of fused-ring (bicyclic) bond motifs is 1. The van der Waals surface area contributed by atoms with Crippen LogP contribution in [0.1, 0.15) is 18.5 Å². The molecule has 106 valence electrons. The summed E-state index contributed by atoms with van der Waals surface area (Å²) in [5.74, 6) is 1.25. The molecule has 1 atom stereocenters. The predicted octanol–water partition coefficient (Wildman–Crippen LogP) is 4.70. The van der Waals surface area contributed by atoms with Crippen molar-refractivity contribution in [2.24, 2.45) is 5.73 Å². The molecule has 2 aromatic carbocycles. The van der Waals surface area contributed by atoms with Gasteiger partial charge in [-0.05, 0) is 36.8 Å². The molecule has 0 bridgehead atoms. The average Bonchev–Trinajstić information content (AvgIpc) is 2.49. The van der Waals surface area contributed by atoms with E-state index in [0.29, 0.717) is 16.5 Å². The summed E-state index contributed by atoms with van der Waals surface area (Å²) < 4.78 is 5.82. The molecule has 4 heteroatoms. The van der Waals surface area contributed by atoms with Crippen molar-refractivity contribution in [3.05, 3.63) is 65.3 Å². The normalized spacial score (nSPS) is 12.3. The first-order chi connectivity index (χ1) is 10.1. The Labute approximate surface area is 128 Å². The Hall–Kier alpha value is -2.10. The molecule has 0 aliphatic carbocycles. The topological polar surface area (TPSA) is 48.1 Å². The van der Waals surface area contributed by atoms with E-state index in [-0.39, 0.29) is 6.04 Å². The molecule has 1 aromatic heterocycles. The molecule has 21 heavy (non-hydrogen) atoms. The van der Waals surface area contributed by atoms with Crippen LogP contribution >= 0.6 is 11.6 Å². The molecule has 0 unspecified atom stereocenters. The van der Waals surface area contributed by atoms with Crippen LogP contribution in [0, 0.1) is 0 Å². The fraction of sp³-hybridized carbons (Fsp3) is 0.118. The van der Waals surface area contributed by atoms with E-state index in [9.17, 15) is 0 Å². The molecule has 3 aromatic rings. The molecule has 0 saturated carbocycles. The molecular weight excluding hydrogens is 284 g/mol. The van der Waals surface area contributed by atoms with Crippen LogP contribution in [0.4, 0.5) is 0 Å². The Morgan fingerprint density at radius 2 is 1.95 bits per heavy atom. The third-order valence-corrected chi connectivity index (χ3v) is 3.57. The van der Waals surface area contributed by atoms with Crippen molar-refractivity contribution in [1.82, 2.24) is 4.98 Å². The van der Waals surface area contributed by atoms with Gasteiger partial charge in [0.2, 0.25) is 0 Å². The summed E-state index contributed by atoms with van der Waals surface area (Å²) in [5, 5.41) is 1.57. The van der Waals surface area contributed by atoms with Crippen molar-refractivity contribution in [2.45, 2.75) is 13.0 Å². The van der Waals surface area contributed by atoms with Crippen LogP contribution < -0.4 is 10.5 Å². The lowest BCUT2D eigenvalue weighted by Gasteiger charge is -2.11. The van der Waals surface area contributed by atoms with Gasteiger partial charge in [-0.3, -0.25) is 4.98 Å². The highest BCUT2D eigenvalue weighted by Gasteiger charge is 2.07. The average molecular weight is 299 g/mol. The number of rotatable bonds is 3. The van der Waals surface area contributed by atoms with Crippen molar-refractivity contribution in [1.29, 1.82) is 0 Å². The number of nitrogens with two attached hydrogens (primary N) is 1. The number of para-hydroxylation sites is 1. The lowest BCUT2D eigenvalue weighted by Crippen LogP contribution is -2.04. The van der Waals surface area contributed by atoms with Crippen LogP contribution in [0.15, 0.2) is 54.7 Å². The zero-order valence-corrected chi connectivity index (χ0v) is 12.3. The number of aromatic nitrogens is 1. The van der Waals surface area contributed by atoms with Crippen LogP contribution in [0.5, 0.6) is 11.5 Å². The van der Waals surface area contributed by atoms with Crippen molar-refractivity contribution < 1.29 is 4.74 Å². The van der Waals surface area contributed by atoms with Crippen molar-refractivity contribution in [3.8, 4) is 11.5 Å².